The van der Waals surface area contributed by atoms with Gasteiger partial charge in [0.05, 0.1) is 5.69 Å². The molecule has 0 spiro atoms. The quantitative estimate of drug-likeness (QED) is 0.370. The molecule has 4 aromatic rings. The van der Waals surface area contributed by atoms with E-state index in [1.807, 2.05) is 60.7 Å². The molecule has 2 aromatic carbocycles. The molecule has 0 saturated carbocycles. The van der Waals surface area contributed by atoms with Gasteiger partial charge in [-0.25, -0.2) is 4.98 Å². The van der Waals surface area contributed by atoms with Gasteiger partial charge in [-0.2, -0.15) is 0 Å². The molecule has 4 nitrogen and oxygen atoms in total. The summed E-state index contributed by atoms with van der Waals surface area (Å²) in [6, 6.07) is 27.2. The maximum Gasteiger partial charge on any atom is 0.217 e. The number of pyridine rings is 2. The van der Waals surface area contributed by atoms with E-state index in [1.54, 1.807) is 24.4 Å². The molecule has 0 fully saturated rings. The molecule has 4 rings (SSSR count). The third-order valence-electron chi connectivity index (χ3n) is 3.83. The van der Waals surface area contributed by atoms with Crippen LogP contribution in [0.15, 0.2) is 85.1 Å². The molecule has 5 heteroatoms. The Hall–Kier alpha value is -2.97. The Kier molecular flexibility index (Phi) is 6.00. The predicted octanol–water partition coefficient (Wildman–Crippen LogP) is 5.11. The minimum Gasteiger partial charge on any atom is -0.507 e. The van der Waals surface area contributed by atoms with Gasteiger partial charge in [-0.05, 0) is 30.0 Å². The average Bonchev–Trinajstić information content (AvgIpc) is 2.69. The van der Waals surface area contributed by atoms with Crippen LogP contribution in [0.3, 0.4) is 0 Å². The van der Waals surface area contributed by atoms with Gasteiger partial charge in [0, 0.05) is 44.6 Å². The summed E-state index contributed by atoms with van der Waals surface area (Å²) in [5, 5.41) is 10.1. The molecule has 2 heterocycles. The van der Waals surface area contributed by atoms with Crippen molar-refractivity contribution in [3.8, 4) is 39.9 Å². The van der Waals surface area contributed by atoms with Crippen LogP contribution in [0.1, 0.15) is 0 Å². The van der Waals surface area contributed by atoms with Crippen molar-refractivity contribution in [3.05, 3.63) is 91.1 Å². The second-order valence-electron chi connectivity index (χ2n) is 5.62. The number of phenols is 1. The number of hydrogen-bond donors (Lipinski definition) is 1. The van der Waals surface area contributed by atoms with E-state index < -0.39 is 0 Å². The second kappa shape index (κ2) is 8.61. The summed E-state index contributed by atoms with van der Waals surface area (Å²) in [6.45, 7) is 0. The fourth-order valence-corrected chi connectivity index (χ4v) is 2.60. The Morgan fingerprint density at radius 1 is 0.778 bits per heavy atom. The molecule has 1 N–H and O–H groups in total. The molecule has 0 bridgehead atoms. The first-order chi connectivity index (χ1) is 12.8. The Balaban J connectivity index is 0.00000210. The van der Waals surface area contributed by atoms with Crippen LogP contribution in [0.4, 0.5) is 0 Å². The molecule has 2 aromatic heterocycles. The molecule has 0 unspecified atom stereocenters. The van der Waals surface area contributed by atoms with Gasteiger partial charge in [-0.1, -0.05) is 36.4 Å². The summed E-state index contributed by atoms with van der Waals surface area (Å²) in [6.07, 6.45) is 1.68. The fourth-order valence-electron chi connectivity index (χ4n) is 2.60. The summed E-state index contributed by atoms with van der Waals surface area (Å²) in [4.78, 5) is 8.81. The van der Waals surface area contributed by atoms with Gasteiger partial charge in [0.25, 0.3) is 0 Å². The first kappa shape index (κ1) is 18.8. The molecule has 27 heavy (non-hydrogen) atoms. The van der Waals surface area contributed by atoms with Crippen LogP contribution < -0.4 is 4.74 Å². The summed E-state index contributed by atoms with van der Waals surface area (Å²) in [5.41, 5.74) is 2.94. The smallest absolute Gasteiger partial charge is 0.217 e. The molecule has 0 aliphatic rings. The zero-order valence-corrected chi connectivity index (χ0v) is 16.4. The van der Waals surface area contributed by atoms with E-state index in [2.05, 4.69) is 16.0 Å². The number of para-hydroxylation sites is 1. The van der Waals surface area contributed by atoms with E-state index in [0.717, 1.165) is 11.3 Å². The second-order valence-corrected chi connectivity index (χ2v) is 5.62. The number of ether oxygens (including phenoxy) is 1. The Bertz CT molecular complexity index is 1040. The normalized spacial score (nSPS) is 10.1. The van der Waals surface area contributed by atoms with Crippen molar-refractivity contribution in [1.29, 1.82) is 0 Å². The van der Waals surface area contributed by atoms with Crippen LogP contribution in [0.25, 0.3) is 22.5 Å². The summed E-state index contributed by atoms with van der Waals surface area (Å²) in [5.74, 6) is 1.28. The van der Waals surface area contributed by atoms with Gasteiger partial charge in [0.15, 0.2) is 0 Å². The van der Waals surface area contributed by atoms with Gasteiger partial charge < -0.3 is 9.84 Å². The molecule has 136 valence electrons. The zero-order valence-electron chi connectivity index (χ0n) is 14.1. The SMILES string of the molecule is Oc1ccccc1-c1cccc(-c2[c-]c(Oc3ccccn3)ccc2)n1.[Pt]. The number of nitrogens with zero attached hydrogens (tertiary/aromatic N) is 2. The van der Waals surface area contributed by atoms with Crippen LogP contribution in [0.5, 0.6) is 17.4 Å². The Morgan fingerprint density at radius 3 is 2.37 bits per heavy atom. The van der Waals surface area contributed by atoms with Crippen LogP contribution in [-0.2, 0) is 21.1 Å². The van der Waals surface area contributed by atoms with Crippen molar-refractivity contribution in [2.45, 2.75) is 0 Å². The fraction of sp³-hybridized carbons (Fsp3) is 0. The van der Waals surface area contributed by atoms with Crippen molar-refractivity contribution < 1.29 is 30.9 Å². The Labute approximate surface area is 171 Å². The Morgan fingerprint density at radius 2 is 1.56 bits per heavy atom. The molecule has 0 radical (unpaired) electrons. The first-order valence-corrected chi connectivity index (χ1v) is 8.16. The number of aromatic nitrogens is 2. The number of phenolic OH excluding ortho intramolecular Hbond substituents is 1. The number of aromatic hydroxyl groups is 1. The standard InChI is InChI=1S/C22H15N2O2.Pt/c25-21-12-2-1-9-18(21)20-11-6-10-19(24-20)16-7-5-8-17(15-16)26-22-13-3-4-14-23-22;/h1-14,25H;/q-1;. The van der Waals surface area contributed by atoms with Crippen LogP contribution in [0, 0.1) is 6.07 Å². The average molecular weight is 534 g/mol. The summed E-state index contributed by atoms with van der Waals surface area (Å²) >= 11 is 0. The van der Waals surface area contributed by atoms with Gasteiger partial charge in [0.1, 0.15) is 5.75 Å². The van der Waals surface area contributed by atoms with Crippen molar-refractivity contribution in [1.82, 2.24) is 9.97 Å². The van der Waals surface area contributed by atoms with Gasteiger partial charge >= 0.3 is 0 Å². The van der Waals surface area contributed by atoms with Gasteiger partial charge in [-0.3, -0.25) is 4.98 Å². The molecule has 0 aliphatic carbocycles. The first-order valence-electron chi connectivity index (χ1n) is 8.16. The maximum atomic E-state index is 10.1. The third kappa shape index (κ3) is 4.41. The number of hydrogen-bond acceptors (Lipinski definition) is 4. The molecular weight excluding hydrogens is 519 g/mol. The third-order valence-corrected chi connectivity index (χ3v) is 3.83. The van der Waals surface area contributed by atoms with Crippen LogP contribution >= 0.6 is 0 Å². The number of rotatable bonds is 4. The van der Waals surface area contributed by atoms with Crippen molar-refractivity contribution in [3.63, 3.8) is 0 Å². The predicted molar refractivity (Wildman–Crippen MR) is 99.9 cm³/mol. The molecular formula is C22H15N2O2Pt-. The molecule has 0 saturated heterocycles. The molecule has 0 amide bonds. The molecule has 0 atom stereocenters. The van der Waals surface area contributed by atoms with E-state index in [4.69, 9.17) is 4.74 Å². The van der Waals surface area contributed by atoms with E-state index in [9.17, 15) is 5.11 Å². The van der Waals surface area contributed by atoms with E-state index in [1.165, 1.54) is 0 Å². The van der Waals surface area contributed by atoms with Crippen molar-refractivity contribution >= 4 is 0 Å². The van der Waals surface area contributed by atoms with E-state index in [-0.39, 0.29) is 26.8 Å². The largest absolute Gasteiger partial charge is 0.507 e. The van der Waals surface area contributed by atoms with Gasteiger partial charge in [0.2, 0.25) is 5.88 Å². The van der Waals surface area contributed by atoms with Crippen LogP contribution in [0.2, 0.25) is 0 Å². The van der Waals surface area contributed by atoms with E-state index >= 15 is 0 Å². The zero-order chi connectivity index (χ0) is 17.8. The van der Waals surface area contributed by atoms with Crippen LogP contribution in [-0.4, -0.2) is 15.1 Å². The molecule has 0 aliphatic heterocycles. The maximum absolute atomic E-state index is 10.1. The van der Waals surface area contributed by atoms with Gasteiger partial charge in [-0.15, -0.1) is 23.8 Å². The van der Waals surface area contributed by atoms with Crippen molar-refractivity contribution in [2.75, 3.05) is 0 Å². The summed E-state index contributed by atoms with van der Waals surface area (Å²) < 4.78 is 5.74. The van der Waals surface area contributed by atoms with E-state index in [0.29, 0.717) is 22.9 Å². The number of benzene rings is 2. The monoisotopic (exact) mass is 534 g/mol. The minimum atomic E-state index is 0. The van der Waals surface area contributed by atoms with Crippen molar-refractivity contribution in [2.24, 2.45) is 0 Å². The summed E-state index contributed by atoms with van der Waals surface area (Å²) in [7, 11) is 0. The topological polar surface area (TPSA) is 55.2 Å². The minimum absolute atomic E-state index is 0.